The molecule has 1 aromatic heterocycles. The van der Waals surface area contributed by atoms with Gasteiger partial charge in [0.05, 0.1) is 0 Å². The van der Waals surface area contributed by atoms with Gasteiger partial charge in [0.2, 0.25) is 0 Å². The van der Waals surface area contributed by atoms with Gasteiger partial charge in [-0.3, -0.25) is 15.1 Å². The summed E-state index contributed by atoms with van der Waals surface area (Å²) in [7, 11) is 0. The zero-order valence-corrected chi connectivity index (χ0v) is 14.2. The van der Waals surface area contributed by atoms with Crippen LogP contribution < -0.4 is 5.32 Å². The fraction of sp³-hybridized carbons (Fsp3) is 0.316. The van der Waals surface area contributed by atoms with Crippen LogP contribution in [0.5, 0.6) is 0 Å². The van der Waals surface area contributed by atoms with Crippen molar-refractivity contribution in [3.05, 3.63) is 59.9 Å². The fourth-order valence-electron chi connectivity index (χ4n) is 2.09. The normalized spacial score (nSPS) is 11.0. The van der Waals surface area contributed by atoms with Crippen LogP contribution in [0.2, 0.25) is 0 Å². The van der Waals surface area contributed by atoms with Crippen molar-refractivity contribution in [3.8, 4) is 0 Å². The van der Waals surface area contributed by atoms with Crippen molar-refractivity contribution in [2.75, 3.05) is 5.32 Å². The van der Waals surface area contributed by atoms with E-state index < -0.39 is 11.7 Å². The number of aryl methyl sites for hydroxylation is 1. The number of ketones is 1. The Morgan fingerprint density at radius 3 is 2.38 bits per heavy atom. The minimum atomic E-state index is -0.550. The van der Waals surface area contributed by atoms with Gasteiger partial charge in [-0.1, -0.05) is 6.07 Å². The number of hydrogen-bond donors (Lipinski definition) is 1. The van der Waals surface area contributed by atoms with Gasteiger partial charge < -0.3 is 4.74 Å². The van der Waals surface area contributed by atoms with Gasteiger partial charge in [-0.15, -0.1) is 0 Å². The molecule has 0 bridgehead atoms. The highest BCUT2D eigenvalue weighted by atomic mass is 16.6. The molecule has 0 fully saturated rings. The molecule has 0 spiro atoms. The van der Waals surface area contributed by atoms with Crippen LogP contribution in [0.25, 0.3) is 0 Å². The molecule has 0 atom stereocenters. The van der Waals surface area contributed by atoms with Crippen LogP contribution in [0.4, 0.5) is 10.5 Å². The van der Waals surface area contributed by atoms with Gasteiger partial charge in [-0.05, 0) is 63.6 Å². The SMILES string of the molecule is CC(C)(C)OC(=O)Nc1ccc(C(=O)CCc2ccccn2)cc1. The summed E-state index contributed by atoms with van der Waals surface area (Å²) in [6.07, 6.45) is 2.21. The van der Waals surface area contributed by atoms with E-state index in [0.29, 0.717) is 24.1 Å². The second-order valence-corrected chi connectivity index (χ2v) is 6.45. The van der Waals surface area contributed by atoms with E-state index in [4.69, 9.17) is 4.74 Å². The van der Waals surface area contributed by atoms with E-state index in [2.05, 4.69) is 10.3 Å². The molecule has 2 aromatic rings. The first kappa shape index (κ1) is 17.7. The lowest BCUT2D eigenvalue weighted by Crippen LogP contribution is -2.27. The molecule has 1 N–H and O–H groups in total. The first-order chi connectivity index (χ1) is 11.3. The average molecular weight is 326 g/mol. The molecule has 126 valence electrons. The Labute approximate surface area is 142 Å². The largest absolute Gasteiger partial charge is 0.444 e. The lowest BCUT2D eigenvalue weighted by Gasteiger charge is -2.19. The number of rotatable bonds is 5. The molecule has 5 nitrogen and oxygen atoms in total. The van der Waals surface area contributed by atoms with Crippen LogP contribution in [0.3, 0.4) is 0 Å². The maximum atomic E-state index is 12.2. The van der Waals surface area contributed by atoms with Crippen LogP contribution in [0, 0.1) is 0 Å². The van der Waals surface area contributed by atoms with Crippen molar-refractivity contribution in [2.24, 2.45) is 0 Å². The molecule has 2 rings (SSSR count). The molecule has 0 aliphatic rings. The van der Waals surface area contributed by atoms with Crippen LogP contribution in [-0.2, 0) is 11.2 Å². The Bertz CT molecular complexity index is 689. The maximum Gasteiger partial charge on any atom is 0.412 e. The van der Waals surface area contributed by atoms with Crippen LogP contribution in [0.15, 0.2) is 48.7 Å². The van der Waals surface area contributed by atoms with E-state index in [1.807, 2.05) is 18.2 Å². The lowest BCUT2D eigenvalue weighted by molar-refractivity contribution is 0.0636. The second-order valence-electron chi connectivity index (χ2n) is 6.45. The van der Waals surface area contributed by atoms with Gasteiger partial charge in [-0.25, -0.2) is 4.79 Å². The molecule has 0 aliphatic heterocycles. The van der Waals surface area contributed by atoms with Crippen molar-refractivity contribution in [1.29, 1.82) is 0 Å². The molecule has 1 amide bonds. The van der Waals surface area contributed by atoms with Crippen molar-refractivity contribution in [2.45, 2.75) is 39.2 Å². The minimum absolute atomic E-state index is 0.0458. The highest BCUT2D eigenvalue weighted by Crippen LogP contribution is 2.14. The molecule has 0 saturated carbocycles. The van der Waals surface area contributed by atoms with Crippen molar-refractivity contribution < 1.29 is 14.3 Å². The van der Waals surface area contributed by atoms with Crippen LogP contribution in [0.1, 0.15) is 43.2 Å². The molecule has 0 radical (unpaired) electrons. The summed E-state index contributed by atoms with van der Waals surface area (Å²) in [5.74, 6) is 0.0458. The molecule has 24 heavy (non-hydrogen) atoms. The second kappa shape index (κ2) is 7.73. The summed E-state index contributed by atoms with van der Waals surface area (Å²) in [6.45, 7) is 5.40. The molecular weight excluding hydrogens is 304 g/mol. The maximum absolute atomic E-state index is 12.2. The quantitative estimate of drug-likeness (QED) is 0.834. The number of Topliss-reactive ketones (excluding diaryl/α,β-unsaturated/α-hetero) is 1. The number of ether oxygens (including phenoxy) is 1. The summed E-state index contributed by atoms with van der Waals surface area (Å²) in [4.78, 5) is 28.1. The number of carbonyl (C=O) groups excluding carboxylic acids is 2. The van der Waals surface area contributed by atoms with Gasteiger partial charge in [0.15, 0.2) is 5.78 Å². The topological polar surface area (TPSA) is 68.3 Å². The van der Waals surface area contributed by atoms with Gasteiger partial charge >= 0.3 is 6.09 Å². The number of nitrogens with one attached hydrogen (secondary N) is 1. The molecule has 0 saturated heterocycles. The number of anilines is 1. The van der Waals surface area contributed by atoms with E-state index in [1.54, 1.807) is 51.2 Å². The minimum Gasteiger partial charge on any atom is -0.444 e. The number of hydrogen-bond acceptors (Lipinski definition) is 4. The molecule has 1 aromatic carbocycles. The standard InChI is InChI=1S/C19H22N2O3/c1-19(2,3)24-18(23)21-16-9-7-14(8-10-16)17(22)12-11-15-6-4-5-13-20-15/h4-10,13H,11-12H2,1-3H3,(H,21,23). The summed E-state index contributed by atoms with van der Waals surface area (Å²) < 4.78 is 5.18. The highest BCUT2D eigenvalue weighted by molar-refractivity contribution is 5.96. The van der Waals surface area contributed by atoms with Gasteiger partial charge in [0.25, 0.3) is 0 Å². The molecule has 0 aliphatic carbocycles. The average Bonchev–Trinajstić information content (AvgIpc) is 2.52. The van der Waals surface area contributed by atoms with E-state index in [-0.39, 0.29) is 5.78 Å². The monoisotopic (exact) mass is 326 g/mol. The van der Waals surface area contributed by atoms with E-state index >= 15 is 0 Å². The Kier molecular flexibility index (Phi) is 5.68. The zero-order valence-electron chi connectivity index (χ0n) is 14.2. The van der Waals surface area contributed by atoms with Crippen molar-refractivity contribution in [3.63, 3.8) is 0 Å². The van der Waals surface area contributed by atoms with Crippen LogP contribution in [-0.4, -0.2) is 22.5 Å². The lowest BCUT2D eigenvalue weighted by atomic mass is 10.0. The predicted octanol–water partition coefficient (Wildman–Crippen LogP) is 4.24. The molecule has 1 heterocycles. The van der Waals surface area contributed by atoms with Gasteiger partial charge in [-0.2, -0.15) is 0 Å². The highest BCUT2D eigenvalue weighted by Gasteiger charge is 2.16. The first-order valence-electron chi connectivity index (χ1n) is 7.87. The molecular formula is C19H22N2O3. The number of carbonyl (C=O) groups is 2. The number of nitrogens with zero attached hydrogens (tertiary/aromatic N) is 1. The fourth-order valence-corrected chi connectivity index (χ4v) is 2.09. The number of benzene rings is 1. The van der Waals surface area contributed by atoms with Crippen LogP contribution >= 0.6 is 0 Å². The summed E-state index contributed by atoms with van der Waals surface area (Å²) in [5.41, 5.74) is 1.55. The predicted molar refractivity (Wildman–Crippen MR) is 93.2 cm³/mol. The Balaban J connectivity index is 1.89. The van der Waals surface area contributed by atoms with Crippen molar-refractivity contribution >= 4 is 17.6 Å². The number of pyridine rings is 1. The summed E-state index contributed by atoms with van der Waals surface area (Å²) in [6, 6.07) is 12.4. The smallest absolute Gasteiger partial charge is 0.412 e. The third-order valence-electron chi connectivity index (χ3n) is 3.19. The van der Waals surface area contributed by atoms with Crippen molar-refractivity contribution in [1.82, 2.24) is 4.98 Å². The van der Waals surface area contributed by atoms with E-state index in [9.17, 15) is 9.59 Å². The Morgan fingerprint density at radius 2 is 1.79 bits per heavy atom. The van der Waals surface area contributed by atoms with Gasteiger partial charge in [0.1, 0.15) is 5.60 Å². The summed E-state index contributed by atoms with van der Waals surface area (Å²) in [5, 5.41) is 2.64. The zero-order chi connectivity index (χ0) is 17.6. The van der Waals surface area contributed by atoms with Gasteiger partial charge in [0, 0.05) is 29.6 Å². The third-order valence-corrected chi connectivity index (χ3v) is 3.19. The number of amides is 1. The molecule has 5 heteroatoms. The summed E-state index contributed by atoms with van der Waals surface area (Å²) >= 11 is 0. The first-order valence-corrected chi connectivity index (χ1v) is 7.87. The van der Waals surface area contributed by atoms with E-state index in [0.717, 1.165) is 5.69 Å². The Hall–Kier alpha value is -2.69. The molecule has 0 unspecified atom stereocenters. The third kappa shape index (κ3) is 5.83. The Morgan fingerprint density at radius 1 is 1.08 bits per heavy atom. The van der Waals surface area contributed by atoms with E-state index in [1.165, 1.54) is 0 Å². The number of aromatic nitrogens is 1.